The molecule has 2 rings (SSSR count). The number of aromatic amines is 1. The Balaban J connectivity index is 1.83. The van der Waals surface area contributed by atoms with E-state index in [9.17, 15) is 18.0 Å². The van der Waals surface area contributed by atoms with E-state index in [4.69, 9.17) is 0 Å². The van der Waals surface area contributed by atoms with Crippen molar-refractivity contribution >= 4 is 11.7 Å². The minimum absolute atomic E-state index is 0.0522. The lowest BCUT2D eigenvalue weighted by molar-refractivity contribution is -0.892. The van der Waals surface area contributed by atoms with Gasteiger partial charge in [-0.15, -0.1) is 0 Å². The second-order valence-corrected chi connectivity index (χ2v) is 5.72. The van der Waals surface area contributed by atoms with E-state index >= 15 is 0 Å². The van der Waals surface area contributed by atoms with Gasteiger partial charge in [-0.1, -0.05) is 6.92 Å². The van der Waals surface area contributed by atoms with Crippen LogP contribution in [0, 0.1) is 0 Å². The van der Waals surface area contributed by atoms with E-state index in [2.05, 4.69) is 10.3 Å². The molecular weight excluding hydrogens is 309 g/mol. The highest BCUT2D eigenvalue weighted by molar-refractivity contribution is 5.76. The topological polar surface area (TPSA) is 50.9 Å². The van der Waals surface area contributed by atoms with E-state index in [1.54, 1.807) is 0 Å². The normalized spacial score (nSPS) is 16.4. The van der Waals surface area contributed by atoms with E-state index in [0.717, 1.165) is 31.8 Å². The molecular formula is C15H23F3N4O+2. The molecule has 1 aromatic heterocycles. The van der Waals surface area contributed by atoms with Gasteiger partial charge in [0.05, 0.1) is 5.56 Å². The summed E-state index contributed by atoms with van der Waals surface area (Å²) in [7, 11) is 0. The van der Waals surface area contributed by atoms with Crippen molar-refractivity contribution in [2.24, 2.45) is 0 Å². The van der Waals surface area contributed by atoms with Gasteiger partial charge in [0.15, 0.2) is 6.54 Å². The Morgan fingerprint density at radius 3 is 2.57 bits per heavy atom. The van der Waals surface area contributed by atoms with Gasteiger partial charge in [-0.3, -0.25) is 9.69 Å². The fraction of sp³-hybridized carbons (Fsp3) is 0.600. The van der Waals surface area contributed by atoms with Crippen molar-refractivity contribution in [2.45, 2.75) is 19.5 Å². The first kappa shape index (κ1) is 17.5. The number of carbonyl (C=O) groups is 1. The number of alkyl halides is 3. The van der Waals surface area contributed by atoms with Crippen molar-refractivity contribution in [1.29, 1.82) is 0 Å². The van der Waals surface area contributed by atoms with Gasteiger partial charge in [0.1, 0.15) is 32.4 Å². The highest BCUT2D eigenvalue weighted by Gasteiger charge is 2.33. The number of halogens is 3. The molecule has 1 aromatic rings. The number of carbonyl (C=O) groups excluding carboxylic acids is 1. The highest BCUT2D eigenvalue weighted by atomic mass is 19.4. The molecule has 2 heterocycles. The summed E-state index contributed by atoms with van der Waals surface area (Å²) in [6.07, 6.45) is -2.42. The van der Waals surface area contributed by atoms with Gasteiger partial charge < -0.3 is 10.2 Å². The fourth-order valence-corrected chi connectivity index (χ4v) is 2.58. The second kappa shape index (κ2) is 7.63. The first-order valence-electron chi connectivity index (χ1n) is 7.84. The zero-order valence-corrected chi connectivity index (χ0v) is 13.2. The molecule has 1 saturated heterocycles. The molecule has 1 aliphatic rings. The van der Waals surface area contributed by atoms with Crippen LogP contribution in [0.15, 0.2) is 18.3 Å². The van der Waals surface area contributed by atoms with Gasteiger partial charge in [0, 0.05) is 12.6 Å². The Morgan fingerprint density at radius 1 is 1.35 bits per heavy atom. The van der Waals surface area contributed by atoms with Crippen LogP contribution in [0.3, 0.4) is 0 Å². The van der Waals surface area contributed by atoms with Crippen molar-refractivity contribution in [3.63, 3.8) is 0 Å². The number of nitrogens with zero attached hydrogens (tertiary/aromatic N) is 1. The van der Waals surface area contributed by atoms with Crippen molar-refractivity contribution < 1.29 is 27.8 Å². The van der Waals surface area contributed by atoms with Crippen LogP contribution in [0.2, 0.25) is 0 Å². The summed E-state index contributed by atoms with van der Waals surface area (Å²) in [5, 5.41) is 2.86. The number of hydrogen-bond acceptors (Lipinski definition) is 2. The van der Waals surface area contributed by atoms with Gasteiger partial charge in [0.2, 0.25) is 0 Å². The van der Waals surface area contributed by atoms with Gasteiger partial charge in [-0.2, -0.15) is 13.2 Å². The van der Waals surface area contributed by atoms with Crippen molar-refractivity contribution in [3.05, 3.63) is 23.9 Å². The zero-order chi connectivity index (χ0) is 16.9. The molecule has 0 aromatic carbocycles. The molecule has 3 N–H and O–H groups in total. The number of rotatable bonds is 5. The number of H-pyrrole nitrogens is 1. The molecule has 128 valence electrons. The molecule has 1 amide bonds. The fourth-order valence-electron chi connectivity index (χ4n) is 2.58. The Bertz CT molecular complexity index is 510. The maximum absolute atomic E-state index is 12.5. The molecule has 0 spiro atoms. The first-order valence-corrected chi connectivity index (χ1v) is 7.84. The molecule has 0 saturated carbocycles. The van der Waals surface area contributed by atoms with Crippen molar-refractivity contribution in [1.82, 2.24) is 5.32 Å². The molecule has 0 unspecified atom stereocenters. The molecule has 1 fully saturated rings. The van der Waals surface area contributed by atoms with Crippen LogP contribution >= 0.6 is 0 Å². The zero-order valence-electron chi connectivity index (χ0n) is 13.2. The quantitative estimate of drug-likeness (QED) is 0.781. The largest absolute Gasteiger partial charge is 0.419 e. The average Bonchev–Trinajstić information content (AvgIpc) is 2.53. The lowest BCUT2D eigenvalue weighted by atomic mass is 10.2. The maximum Gasteiger partial charge on any atom is 0.419 e. The second-order valence-electron chi connectivity index (χ2n) is 5.72. The summed E-state index contributed by atoms with van der Waals surface area (Å²) in [5.41, 5.74) is -0.682. The van der Waals surface area contributed by atoms with Gasteiger partial charge >= 0.3 is 6.18 Å². The number of pyridine rings is 1. The van der Waals surface area contributed by atoms with Crippen LogP contribution in [0.4, 0.5) is 19.0 Å². The van der Waals surface area contributed by atoms with Crippen LogP contribution in [-0.4, -0.2) is 45.2 Å². The predicted molar refractivity (Wildman–Crippen MR) is 79.1 cm³/mol. The summed E-state index contributed by atoms with van der Waals surface area (Å²) >= 11 is 0. The molecule has 0 atom stereocenters. The number of piperazine rings is 1. The number of quaternary nitrogens is 1. The van der Waals surface area contributed by atoms with Crippen LogP contribution < -0.4 is 20.1 Å². The van der Waals surface area contributed by atoms with Crippen LogP contribution in [0.1, 0.15) is 18.9 Å². The third-order valence-corrected chi connectivity index (χ3v) is 3.92. The maximum atomic E-state index is 12.5. The van der Waals surface area contributed by atoms with Gasteiger partial charge in [-0.05, 0) is 12.5 Å². The van der Waals surface area contributed by atoms with Gasteiger partial charge in [-0.25, -0.2) is 4.98 Å². The molecule has 5 nitrogen and oxygen atoms in total. The van der Waals surface area contributed by atoms with E-state index in [-0.39, 0.29) is 5.91 Å². The Kier molecular flexibility index (Phi) is 5.81. The standard InChI is InChI=1S/C15H21F3N4O/c1-2-5-19-14(23)11-21-6-8-22(9-7-21)13-4-3-12(10-20-13)15(16,17)18/h3-4,10H,2,5-9,11H2,1H3,(H,19,23)/p+2. The monoisotopic (exact) mass is 332 g/mol. The minimum Gasteiger partial charge on any atom is -0.351 e. The van der Waals surface area contributed by atoms with Crippen LogP contribution in [-0.2, 0) is 11.0 Å². The third kappa shape index (κ3) is 5.09. The number of hydrogen-bond donors (Lipinski definition) is 2. The van der Waals surface area contributed by atoms with E-state index in [1.807, 2.05) is 11.8 Å². The molecule has 1 aliphatic heterocycles. The van der Waals surface area contributed by atoms with E-state index in [0.29, 0.717) is 32.0 Å². The lowest BCUT2D eigenvalue weighted by Crippen LogP contribution is -3.16. The summed E-state index contributed by atoms with van der Waals surface area (Å²) in [5.74, 6) is 0.726. The smallest absolute Gasteiger partial charge is 0.351 e. The summed E-state index contributed by atoms with van der Waals surface area (Å²) in [4.78, 5) is 17.6. The van der Waals surface area contributed by atoms with Crippen molar-refractivity contribution in [3.8, 4) is 0 Å². The van der Waals surface area contributed by atoms with E-state index in [1.165, 1.54) is 11.0 Å². The molecule has 23 heavy (non-hydrogen) atoms. The van der Waals surface area contributed by atoms with Gasteiger partial charge in [0.25, 0.3) is 11.7 Å². The number of aromatic nitrogens is 1. The minimum atomic E-state index is -4.33. The Hall–Kier alpha value is -1.83. The molecule has 0 bridgehead atoms. The lowest BCUT2D eigenvalue weighted by Gasteiger charge is -2.27. The van der Waals surface area contributed by atoms with E-state index < -0.39 is 11.7 Å². The molecule has 0 radical (unpaired) electrons. The predicted octanol–water partition coefficient (Wildman–Crippen LogP) is -0.249. The number of nitrogens with one attached hydrogen (secondary N) is 3. The Morgan fingerprint density at radius 2 is 2.04 bits per heavy atom. The third-order valence-electron chi connectivity index (χ3n) is 3.92. The molecule has 8 heteroatoms. The summed E-state index contributed by atoms with van der Waals surface area (Å²) in [6.45, 7) is 6.13. The van der Waals surface area contributed by atoms with Crippen LogP contribution in [0.25, 0.3) is 0 Å². The summed E-state index contributed by atoms with van der Waals surface area (Å²) in [6, 6.07) is 2.55. The first-order chi connectivity index (χ1) is 10.9. The number of anilines is 1. The Labute approximate surface area is 133 Å². The molecule has 0 aliphatic carbocycles. The van der Waals surface area contributed by atoms with Crippen LogP contribution in [0.5, 0.6) is 0 Å². The average molecular weight is 332 g/mol. The highest BCUT2D eigenvalue weighted by Crippen LogP contribution is 2.28. The summed E-state index contributed by atoms with van der Waals surface area (Å²) < 4.78 is 37.6. The number of amides is 1. The van der Waals surface area contributed by atoms with Crippen molar-refractivity contribution in [2.75, 3.05) is 44.2 Å². The SMILES string of the molecule is CCCNC(=O)C[NH+]1CCN(c2ccc(C(F)(F)F)c[nH+]2)CC1.